The maximum absolute atomic E-state index is 14.4. The molecule has 0 spiro atoms. The molecule has 15 heteroatoms. The van der Waals surface area contributed by atoms with Crippen molar-refractivity contribution in [2.24, 2.45) is 28.8 Å². The van der Waals surface area contributed by atoms with Crippen molar-refractivity contribution in [2.45, 2.75) is 98.4 Å². The van der Waals surface area contributed by atoms with E-state index < -0.39 is 88.8 Å². The largest absolute Gasteiger partial charge is 0.507 e. The summed E-state index contributed by atoms with van der Waals surface area (Å²) < 4.78 is 23.5. The van der Waals surface area contributed by atoms with Crippen molar-refractivity contribution in [3.63, 3.8) is 0 Å². The van der Waals surface area contributed by atoms with E-state index in [-0.39, 0.29) is 44.5 Å². The van der Waals surface area contributed by atoms with Gasteiger partial charge in [0.25, 0.3) is 11.7 Å². The number of carbonyl (C=O) groups is 3. The summed E-state index contributed by atoms with van der Waals surface area (Å²) in [4.78, 5) is 40.3. The number of allylic oxidation sites excluding steroid dienone is 2. The van der Waals surface area contributed by atoms with E-state index >= 15 is 0 Å². The molecular formula is C42H55N3O12. The van der Waals surface area contributed by atoms with Crippen LogP contribution in [0.3, 0.4) is 0 Å². The Morgan fingerprint density at radius 3 is 2.26 bits per heavy atom. The average Bonchev–Trinajstić information content (AvgIpc) is 3.79. The van der Waals surface area contributed by atoms with Gasteiger partial charge in [0.15, 0.2) is 5.75 Å². The van der Waals surface area contributed by atoms with Gasteiger partial charge in [-0.1, -0.05) is 45.9 Å². The summed E-state index contributed by atoms with van der Waals surface area (Å²) in [6, 6.07) is 0. The smallest absolute Gasteiger partial charge is 0.312 e. The number of hydrogen-bond donors (Lipinski definition) is 6. The Hall–Kier alpha value is -5.12. The van der Waals surface area contributed by atoms with Gasteiger partial charge in [-0.25, -0.2) is 0 Å². The first-order valence-electron chi connectivity index (χ1n) is 19.2. The Morgan fingerprint density at radius 1 is 0.965 bits per heavy atom. The lowest BCUT2D eigenvalue weighted by molar-refractivity contribution is -0.160. The fourth-order valence-electron chi connectivity index (χ4n) is 7.83. The molecule has 4 heterocycles. The van der Waals surface area contributed by atoms with Crippen LogP contribution in [0, 0.1) is 30.6 Å². The van der Waals surface area contributed by atoms with E-state index in [1.54, 1.807) is 44.9 Å². The first-order valence-corrected chi connectivity index (χ1v) is 19.2. The van der Waals surface area contributed by atoms with Crippen LogP contribution in [-0.4, -0.2) is 105 Å². The molecular weight excluding hydrogens is 738 g/mol. The van der Waals surface area contributed by atoms with Crippen molar-refractivity contribution >= 4 is 40.3 Å². The fraction of sp³-hybridized carbons (Fsp3) is 0.524. The van der Waals surface area contributed by atoms with E-state index in [9.17, 15) is 39.9 Å². The highest BCUT2D eigenvalue weighted by Gasteiger charge is 2.50. The number of ketones is 1. The van der Waals surface area contributed by atoms with Crippen LogP contribution in [0.15, 0.2) is 41.2 Å². The number of nitrogens with one attached hydrogen (secondary N) is 1. The van der Waals surface area contributed by atoms with Crippen molar-refractivity contribution in [1.29, 1.82) is 0 Å². The third-order valence-corrected chi connectivity index (χ3v) is 11.5. The van der Waals surface area contributed by atoms with Gasteiger partial charge in [-0.2, -0.15) is 5.10 Å². The Bertz CT molecular complexity index is 2020. The molecule has 6 N–H and O–H groups in total. The van der Waals surface area contributed by atoms with E-state index in [4.69, 9.17) is 18.9 Å². The number of amides is 1. The van der Waals surface area contributed by atoms with Crippen molar-refractivity contribution in [3.05, 3.63) is 52.8 Å². The molecule has 0 saturated carbocycles. The predicted molar refractivity (Wildman–Crippen MR) is 212 cm³/mol. The summed E-state index contributed by atoms with van der Waals surface area (Å²) in [6.45, 7) is 13.8. The molecule has 1 saturated heterocycles. The van der Waals surface area contributed by atoms with Gasteiger partial charge < -0.3 is 49.8 Å². The number of phenolic OH excluding ortho intramolecular Hbond substituents is 3. The summed E-state index contributed by atoms with van der Waals surface area (Å²) in [5, 5.41) is 66.5. The number of aromatic hydroxyl groups is 3. The lowest BCUT2D eigenvalue weighted by Gasteiger charge is -2.38. The maximum atomic E-state index is 14.4. The van der Waals surface area contributed by atoms with Gasteiger partial charge in [-0.3, -0.25) is 19.4 Å². The highest BCUT2D eigenvalue weighted by molar-refractivity contribution is 6.23. The second kappa shape index (κ2) is 17.2. The second-order valence-corrected chi connectivity index (χ2v) is 15.5. The van der Waals surface area contributed by atoms with E-state index in [0.29, 0.717) is 13.1 Å². The van der Waals surface area contributed by atoms with Gasteiger partial charge in [0.1, 0.15) is 23.4 Å². The van der Waals surface area contributed by atoms with Gasteiger partial charge in [-0.05, 0) is 32.8 Å². The van der Waals surface area contributed by atoms with E-state index in [1.807, 2.05) is 0 Å². The summed E-state index contributed by atoms with van der Waals surface area (Å²) >= 11 is 0. The topological polar surface area (TPSA) is 217 Å². The van der Waals surface area contributed by atoms with E-state index in [0.717, 1.165) is 12.8 Å². The number of carbonyl (C=O) groups excluding carboxylic acids is 3. The zero-order chi connectivity index (χ0) is 42.1. The molecule has 4 aliphatic heterocycles. The summed E-state index contributed by atoms with van der Waals surface area (Å²) in [5.41, 5.74) is -0.313. The van der Waals surface area contributed by atoms with Crippen molar-refractivity contribution < 1.29 is 58.9 Å². The minimum Gasteiger partial charge on any atom is -0.507 e. The summed E-state index contributed by atoms with van der Waals surface area (Å²) in [6.07, 6.45) is 6.68. The van der Waals surface area contributed by atoms with Gasteiger partial charge >= 0.3 is 11.8 Å². The Balaban J connectivity index is 1.71. The number of Topliss-reactive ketones (excluding diaryl/α,β-unsaturated/α-hetero) is 1. The third-order valence-electron chi connectivity index (χ3n) is 11.5. The van der Waals surface area contributed by atoms with Crippen LogP contribution in [0.25, 0.3) is 10.8 Å². The fourth-order valence-corrected chi connectivity index (χ4v) is 7.83. The van der Waals surface area contributed by atoms with E-state index in [1.165, 1.54) is 59.4 Å². The van der Waals surface area contributed by atoms with Crippen LogP contribution in [-0.2, 0) is 23.8 Å². The number of methoxy groups -OCH3 is 1. The number of benzene rings is 2. The Labute approximate surface area is 332 Å². The molecule has 15 nitrogen and oxygen atoms in total. The van der Waals surface area contributed by atoms with Crippen LogP contribution in [0.1, 0.15) is 82.8 Å². The standard InChI is InChI=1S/C42H55N3O12/c1-20-13-12-14-21(2)41(53)44-32-27(19-43-45-16-10-11-17-45)36(50)29-30(37(32)51)35(49)25(6)39-31(29)40(52)42(8,57-39)55-18-15-28(54-9)22(3)38(56-26(7)46)24(5)34(48)23(4)33(20)47/h12-15,18-20,22-24,28,33-34,38,47-51H,10-11,16-17H2,1-9H3,(H,44,53)/b13-12+,18-15+,21-14-,43-19+/t20-,22-,23-,24-,28+,33+,34+,38-,42+/m1/s1. The molecule has 0 aromatic heterocycles. The van der Waals surface area contributed by atoms with Gasteiger partial charge in [-0.15, -0.1) is 0 Å². The Kier molecular flexibility index (Phi) is 13.0. The number of fused-ring (bicyclic) bond motifs is 14. The molecule has 2 aromatic rings. The minimum atomic E-state index is -2.03. The number of anilines is 1. The molecule has 4 aliphatic rings. The van der Waals surface area contributed by atoms with Crippen molar-refractivity contribution in [1.82, 2.24) is 5.01 Å². The summed E-state index contributed by atoms with van der Waals surface area (Å²) in [5.74, 6) is -8.28. The zero-order valence-electron chi connectivity index (χ0n) is 33.9. The van der Waals surface area contributed by atoms with Gasteiger partial charge in [0, 0.05) is 74.2 Å². The Morgan fingerprint density at radius 2 is 1.63 bits per heavy atom. The molecule has 0 aliphatic carbocycles. The van der Waals surface area contributed by atoms with Crippen LogP contribution >= 0.6 is 0 Å². The zero-order valence-corrected chi connectivity index (χ0v) is 33.9. The molecule has 0 radical (unpaired) electrons. The molecule has 0 unspecified atom stereocenters. The lowest BCUT2D eigenvalue weighted by Crippen LogP contribution is -2.46. The maximum Gasteiger partial charge on any atom is 0.312 e. The van der Waals surface area contributed by atoms with Crippen LogP contribution in [0.5, 0.6) is 23.0 Å². The first-order chi connectivity index (χ1) is 26.8. The molecule has 5 bridgehead atoms. The number of aliphatic hydroxyl groups excluding tert-OH is 2. The quantitative estimate of drug-likeness (QED) is 0.102. The van der Waals surface area contributed by atoms with Gasteiger partial charge in [0.2, 0.25) is 0 Å². The highest BCUT2D eigenvalue weighted by atomic mass is 16.7. The molecule has 2 aromatic carbocycles. The number of nitrogens with zero attached hydrogens (tertiary/aromatic N) is 2. The van der Waals surface area contributed by atoms with Crippen LogP contribution in [0.4, 0.5) is 5.69 Å². The molecule has 1 fully saturated rings. The first kappa shape index (κ1) is 43.0. The van der Waals surface area contributed by atoms with Crippen LogP contribution in [0.2, 0.25) is 0 Å². The van der Waals surface area contributed by atoms with Crippen molar-refractivity contribution in [3.8, 4) is 23.0 Å². The molecule has 1 amide bonds. The molecule has 310 valence electrons. The molecule has 6 rings (SSSR count). The second-order valence-electron chi connectivity index (χ2n) is 15.5. The normalized spacial score (nSPS) is 32.2. The highest BCUT2D eigenvalue weighted by Crippen LogP contribution is 2.55. The molecule has 9 atom stereocenters. The number of hydrazone groups is 1. The van der Waals surface area contributed by atoms with Gasteiger partial charge in [0.05, 0.1) is 53.0 Å². The number of ether oxygens (including phenoxy) is 4. The number of rotatable bonds is 4. The van der Waals surface area contributed by atoms with Crippen LogP contribution < -0.4 is 10.1 Å². The lowest BCUT2D eigenvalue weighted by atomic mass is 9.78. The number of esters is 1. The third kappa shape index (κ3) is 8.32. The average molecular weight is 794 g/mol. The van der Waals surface area contributed by atoms with E-state index in [2.05, 4.69) is 10.4 Å². The predicted octanol–water partition coefficient (Wildman–Crippen LogP) is 5.18. The van der Waals surface area contributed by atoms with Crippen molar-refractivity contribution in [2.75, 3.05) is 25.5 Å². The summed E-state index contributed by atoms with van der Waals surface area (Å²) in [7, 11) is 1.44. The molecule has 57 heavy (non-hydrogen) atoms. The number of phenols is 3. The minimum absolute atomic E-state index is 0.0602. The number of hydrogen-bond acceptors (Lipinski definition) is 14. The number of aliphatic hydroxyl groups is 2. The monoisotopic (exact) mass is 793 g/mol. The SMILES string of the molecule is CO[C@H]1/C=C/O[C@@]2(C)Oc3c(C)c(O)c4c(O)c(c(/C=N/N5CCCC5)c(O)c4c3C2=O)NC(=O)/C(C)=C\C=C\[C@@H](C)[C@H](O)[C@@H](C)[C@H](O)[C@@H](C)[C@H](OC(C)=O)[C@@H]1C.